The zero-order chi connectivity index (χ0) is 18.5. The van der Waals surface area contributed by atoms with E-state index >= 15 is 0 Å². The van der Waals surface area contributed by atoms with Gasteiger partial charge in [0.1, 0.15) is 6.33 Å². The molecule has 1 atom stereocenters. The summed E-state index contributed by atoms with van der Waals surface area (Å²) in [5.41, 5.74) is 0.937. The van der Waals surface area contributed by atoms with E-state index in [0.29, 0.717) is 11.6 Å². The van der Waals surface area contributed by atoms with Crippen LogP contribution in [0.3, 0.4) is 0 Å². The van der Waals surface area contributed by atoms with Gasteiger partial charge in [0, 0.05) is 4.88 Å². The van der Waals surface area contributed by atoms with Crippen molar-refractivity contribution < 1.29 is 14.3 Å². The quantitative estimate of drug-likeness (QED) is 0.656. The van der Waals surface area contributed by atoms with E-state index in [1.165, 1.54) is 29.5 Å². The number of thiazole rings is 1. The second-order valence-corrected chi connectivity index (χ2v) is 6.31. The number of hydrogen-bond donors (Lipinski definition) is 1. The number of aryl methyl sites for hydroxylation is 1. The van der Waals surface area contributed by atoms with E-state index in [2.05, 4.69) is 25.8 Å². The van der Waals surface area contributed by atoms with Crippen molar-refractivity contribution in [1.82, 2.24) is 25.2 Å². The summed E-state index contributed by atoms with van der Waals surface area (Å²) in [6, 6.07) is 8.37. The van der Waals surface area contributed by atoms with E-state index in [9.17, 15) is 9.59 Å². The van der Waals surface area contributed by atoms with Crippen molar-refractivity contribution >= 4 is 28.3 Å². The lowest BCUT2D eigenvalue weighted by molar-refractivity contribution is -0.118. The van der Waals surface area contributed by atoms with Gasteiger partial charge >= 0.3 is 5.97 Å². The third-order valence-corrected chi connectivity index (χ3v) is 4.74. The number of benzene rings is 1. The molecule has 1 amide bonds. The number of tetrazole rings is 1. The Kier molecular flexibility index (Phi) is 5.32. The topological polar surface area (TPSA) is 112 Å². The molecule has 2 aromatic heterocycles. The minimum atomic E-state index is -0.762. The van der Waals surface area contributed by atoms with Crippen molar-refractivity contribution in [2.45, 2.75) is 19.4 Å². The first-order chi connectivity index (χ1) is 12.6. The van der Waals surface area contributed by atoms with Crippen LogP contribution in [-0.4, -0.2) is 44.2 Å². The molecule has 134 valence electrons. The number of amides is 1. The van der Waals surface area contributed by atoms with E-state index in [0.717, 1.165) is 10.4 Å². The number of rotatable bonds is 6. The number of ether oxygens (including phenoxy) is 1. The third-order valence-electron chi connectivity index (χ3n) is 3.62. The summed E-state index contributed by atoms with van der Waals surface area (Å²) in [7, 11) is 1.29. The molecule has 2 heterocycles. The van der Waals surface area contributed by atoms with Crippen molar-refractivity contribution in [2.24, 2.45) is 0 Å². The zero-order valence-electron chi connectivity index (χ0n) is 14.1. The number of hydrogen-bond acceptors (Lipinski definition) is 8. The van der Waals surface area contributed by atoms with Crippen LogP contribution in [0.25, 0.3) is 0 Å². The largest absolute Gasteiger partial charge is 0.464 e. The monoisotopic (exact) mass is 372 g/mol. The minimum Gasteiger partial charge on any atom is -0.464 e. The van der Waals surface area contributed by atoms with Gasteiger partial charge in [0.05, 0.1) is 7.11 Å². The Balaban J connectivity index is 1.89. The molecule has 0 fully saturated rings. The second-order valence-electron chi connectivity index (χ2n) is 5.23. The van der Waals surface area contributed by atoms with Crippen LogP contribution in [0, 0.1) is 0 Å². The first-order valence-electron chi connectivity index (χ1n) is 7.80. The Morgan fingerprint density at radius 1 is 1.31 bits per heavy atom. The maximum Gasteiger partial charge on any atom is 0.357 e. The number of nitrogens with zero attached hydrogens (tertiary/aromatic N) is 5. The maximum atomic E-state index is 12.9. The standard InChI is InChI=1S/C16H16N6O3S/c1-3-11-12(15(24)25-2)18-16(26-11)19-14(23)13(22-9-17-20-21-22)10-7-5-4-6-8-10/h4-9,13H,3H2,1-2H3,(H,18,19,23)/t13-/m0/s1. The van der Waals surface area contributed by atoms with Crippen LogP contribution >= 0.6 is 11.3 Å². The molecule has 3 rings (SSSR count). The molecule has 1 N–H and O–H groups in total. The molecular weight excluding hydrogens is 356 g/mol. The summed E-state index contributed by atoms with van der Waals surface area (Å²) in [6.45, 7) is 1.90. The molecule has 0 radical (unpaired) electrons. The molecule has 0 spiro atoms. The van der Waals surface area contributed by atoms with Crippen LogP contribution in [0.1, 0.15) is 33.9 Å². The van der Waals surface area contributed by atoms with Crippen molar-refractivity contribution in [2.75, 3.05) is 12.4 Å². The highest BCUT2D eigenvalue weighted by atomic mass is 32.1. The fourth-order valence-corrected chi connectivity index (χ4v) is 3.31. The van der Waals surface area contributed by atoms with E-state index in [4.69, 9.17) is 4.74 Å². The average molecular weight is 372 g/mol. The molecule has 1 aromatic carbocycles. The van der Waals surface area contributed by atoms with Crippen molar-refractivity contribution in [3.05, 3.63) is 52.8 Å². The van der Waals surface area contributed by atoms with E-state index < -0.39 is 12.0 Å². The summed E-state index contributed by atoms with van der Waals surface area (Å²) in [5, 5.41) is 14.1. The van der Waals surface area contributed by atoms with Gasteiger partial charge in [-0.05, 0) is 22.4 Å². The fourth-order valence-electron chi connectivity index (χ4n) is 2.42. The molecule has 0 aliphatic heterocycles. The molecule has 9 nitrogen and oxygen atoms in total. The normalized spacial score (nSPS) is 11.8. The maximum absolute atomic E-state index is 12.9. The number of esters is 1. The highest BCUT2D eigenvalue weighted by Crippen LogP contribution is 2.26. The van der Waals surface area contributed by atoms with Crippen molar-refractivity contribution in [3.63, 3.8) is 0 Å². The number of carbonyl (C=O) groups excluding carboxylic acids is 2. The second kappa shape index (κ2) is 7.83. The Morgan fingerprint density at radius 2 is 2.08 bits per heavy atom. The third kappa shape index (κ3) is 3.59. The van der Waals surface area contributed by atoms with Crippen molar-refractivity contribution in [3.8, 4) is 0 Å². The van der Waals surface area contributed by atoms with Gasteiger partial charge in [-0.15, -0.1) is 16.4 Å². The molecule has 26 heavy (non-hydrogen) atoms. The van der Waals surface area contributed by atoms with Gasteiger partial charge in [-0.25, -0.2) is 14.5 Å². The van der Waals surface area contributed by atoms with Crippen LogP contribution in [0.2, 0.25) is 0 Å². The molecule has 0 aliphatic rings. The Morgan fingerprint density at radius 3 is 2.69 bits per heavy atom. The lowest BCUT2D eigenvalue weighted by Crippen LogP contribution is -2.27. The predicted octanol–water partition coefficient (Wildman–Crippen LogP) is 1.71. The van der Waals surface area contributed by atoms with E-state index in [-0.39, 0.29) is 11.6 Å². The highest BCUT2D eigenvalue weighted by Gasteiger charge is 2.26. The molecule has 0 bridgehead atoms. The van der Waals surface area contributed by atoms with Crippen LogP contribution in [0.15, 0.2) is 36.7 Å². The number of methoxy groups -OCH3 is 1. The number of anilines is 1. The molecule has 0 saturated heterocycles. The SMILES string of the molecule is CCc1sc(NC(=O)[C@H](c2ccccc2)n2cnnn2)nc1C(=O)OC. The number of carbonyl (C=O) groups is 2. The lowest BCUT2D eigenvalue weighted by atomic mass is 10.1. The summed E-state index contributed by atoms with van der Waals surface area (Å²) in [6.07, 6.45) is 1.98. The number of aromatic nitrogens is 5. The summed E-state index contributed by atoms with van der Waals surface area (Å²) < 4.78 is 6.10. The van der Waals surface area contributed by atoms with E-state index in [1.54, 1.807) is 0 Å². The van der Waals surface area contributed by atoms with Crippen LogP contribution < -0.4 is 5.32 Å². The first kappa shape index (κ1) is 17.7. The van der Waals surface area contributed by atoms with Gasteiger partial charge in [-0.3, -0.25) is 10.1 Å². The summed E-state index contributed by atoms with van der Waals surface area (Å²) in [5.74, 6) is -0.894. The van der Waals surface area contributed by atoms with Gasteiger partial charge in [-0.1, -0.05) is 37.3 Å². The fraction of sp³-hybridized carbons (Fsp3) is 0.250. The van der Waals surface area contributed by atoms with Gasteiger partial charge in [0.25, 0.3) is 5.91 Å². The van der Waals surface area contributed by atoms with E-state index in [1.807, 2.05) is 37.3 Å². The van der Waals surface area contributed by atoms with Crippen LogP contribution in [0.5, 0.6) is 0 Å². The van der Waals surface area contributed by atoms with Gasteiger partial charge in [0.15, 0.2) is 16.9 Å². The minimum absolute atomic E-state index is 0.217. The average Bonchev–Trinajstić information content (AvgIpc) is 3.32. The zero-order valence-corrected chi connectivity index (χ0v) is 14.9. The van der Waals surface area contributed by atoms with Gasteiger partial charge in [0.2, 0.25) is 0 Å². The molecule has 0 saturated carbocycles. The van der Waals surface area contributed by atoms with Crippen LogP contribution in [0.4, 0.5) is 5.13 Å². The summed E-state index contributed by atoms with van der Waals surface area (Å²) >= 11 is 1.24. The molecule has 10 heteroatoms. The molecule has 0 aliphatic carbocycles. The predicted molar refractivity (Wildman–Crippen MR) is 93.9 cm³/mol. The summed E-state index contributed by atoms with van der Waals surface area (Å²) in [4.78, 5) is 29.6. The first-order valence-corrected chi connectivity index (χ1v) is 8.62. The Hall–Kier alpha value is -3.14. The van der Waals surface area contributed by atoms with Crippen molar-refractivity contribution in [1.29, 1.82) is 0 Å². The molecular formula is C16H16N6O3S. The van der Waals surface area contributed by atoms with Gasteiger partial charge < -0.3 is 4.74 Å². The molecule has 0 unspecified atom stereocenters. The number of nitrogens with one attached hydrogen (secondary N) is 1. The Labute approximate surface area is 153 Å². The smallest absolute Gasteiger partial charge is 0.357 e. The Bertz CT molecular complexity index is 894. The highest BCUT2D eigenvalue weighted by molar-refractivity contribution is 7.16. The van der Waals surface area contributed by atoms with Crippen LogP contribution in [-0.2, 0) is 16.0 Å². The van der Waals surface area contributed by atoms with Gasteiger partial charge in [-0.2, -0.15) is 0 Å². The lowest BCUT2D eigenvalue weighted by Gasteiger charge is -2.15. The molecule has 3 aromatic rings.